The van der Waals surface area contributed by atoms with Gasteiger partial charge >= 0.3 is 0 Å². The van der Waals surface area contributed by atoms with E-state index in [0.717, 1.165) is 63.0 Å². The van der Waals surface area contributed by atoms with E-state index in [9.17, 15) is 0 Å². The van der Waals surface area contributed by atoms with Gasteiger partial charge < -0.3 is 14.0 Å². The Kier molecular flexibility index (Phi) is 5.49. The fourth-order valence-corrected chi connectivity index (χ4v) is 5.73. The molecule has 4 aromatic rings. The first-order chi connectivity index (χ1) is 14.7. The van der Waals surface area contributed by atoms with E-state index in [1.54, 1.807) is 34.4 Å². The average molecular weight is 457 g/mol. The molecule has 0 unspecified atom stereocenters. The molecule has 0 atom stereocenters. The van der Waals surface area contributed by atoms with Crippen molar-refractivity contribution in [3.8, 4) is 33.5 Å². The van der Waals surface area contributed by atoms with E-state index in [0.29, 0.717) is 0 Å². The van der Waals surface area contributed by atoms with Gasteiger partial charge in [-0.05, 0) is 37.6 Å². The van der Waals surface area contributed by atoms with Crippen LogP contribution in [0.15, 0.2) is 40.2 Å². The van der Waals surface area contributed by atoms with E-state index in [4.69, 9.17) is 14.5 Å². The number of rotatable bonds is 7. The second-order valence-electron chi connectivity index (χ2n) is 6.90. The summed E-state index contributed by atoms with van der Waals surface area (Å²) in [6.45, 7) is 5.47. The van der Waals surface area contributed by atoms with Gasteiger partial charge in [-0.15, -0.1) is 32.9 Å². The van der Waals surface area contributed by atoms with Crippen molar-refractivity contribution < 1.29 is 9.47 Å². The summed E-state index contributed by atoms with van der Waals surface area (Å²) in [5.74, 6) is 3.27. The van der Waals surface area contributed by atoms with Crippen LogP contribution < -0.4 is 9.47 Å². The molecule has 0 radical (unpaired) electrons. The number of hydrogen-bond acceptors (Lipinski definition) is 8. The summed E-state index contributed by atoms with van der Waals surface area (Å²) in [6.07, 6.45) is 1.03. The van der Waals surface area contributed by atoms with Gasteiger partial charge in [0.1, 0.15) is 5.01 Å². The van der Waals surface area contributed by atoms with Gasteiger partial charge in [0.15, 0.2) is 22.5 Å². The lowest BCUT2D eigenvalue weighted by atomic mass is 10.2. The zero-order valence-electron chi connectivity index (χ0n) is 16.6. The summed E-state index contributed by atoms with van der Waals surface area (Å²) in [4.78, 5) is 6.09. The zero-order valence-corrected chi connectivity index (χ0v) is 19.1. The van der Waals surface area contributed by atoms with E-state index in [1.807, 2.05) is 18.2 Å². The quantitative estimate of drug-likeness (QED) is 0.324. The number of benzene rings is 1. The highest BCUT2D eigenvalue weighted by molar-refractivity contribution is 7.98. The highest BCUT2D eigenvalue weighted by atomic mass is 32.2. The summed E-state index contributed by atoms with van der Waals surface area (Å²) < 4.78 is 13.1. The Morgan fingerprint density at radius 1 is 1.07 bits per heavy atom. The number of ether oxygens (including phenoxy) is 2. The maximum absolute atomic E-state index is 5.48. The molecule has 1 aromatic carbocycles. The summed E-state index contributed by atoms with van der Waals surface area (Å²) >= 11 is 5.06. The molecule has 0 N–H and O–H groups in total. The molecule has 0 saturated heterocycles. The smallest absolute Gasteiger partial charge is 0.231 e. The summed E-state index contributed by atoms with van der Waals surface area (Å²) in [6, 6.07) is 8.13. The van der Waals surface area contributed by atoms with Crippen molar-refractivity contribution in [3.63, 3.8) is 0 Å². The van der Waals surface area contributed by atoms with Gasteiger partial charge in [0.25, 0.3) is 0 Å². The summed E-state index contributed by atoms with van der Waals surface area (Å²) in [5.41, 5.74) is 3.23. The number of aromatic nitrogens is 4. The number of thioether (sulfide) groups is 1. The van der Waals surface area contributed by atoms with Crippen molar-refractivity contribution in [2.75, 3.05) is 6.79 Å². The van der Waals surface area contributed by atoms with E-state index in [1.165, 1.54) is 4.88 Å². The monoisotopic (exact) mass is 456 g/mol. The number of hydrogen-bond donors (Lipinski definition) is 0. The van der Waals surface area contributed by atoms with Crippen LogP contribution in [0.25, 0.3) is 22.0 Å². The maximum atomic E-state index is 5.48. The van der Waals surface area contributed by atoms with E-state index in [2.05, 4.69) is 45.4 Å². The van der Waals surface area contributed by atoms with Crippen LogP contribution in [0, 0.1) is 6.92 Å². The summed E-state index contributed by atoms with van der Waals surface area (Å²) in [7, 11) is 0. The molecule has 1 aliphatic rings. The van der Waals surface area contributed by atoms with Crippen molar-refractivity contribution in [1.82, 2.24) is 19.7 Å². The molecule has 3 aromatic heterocycles. The van der Waals surface area contributed by atoms with E-state index in [-0.39, 0.29) is 6.79 Å². The largest absolute Gasteiger partial charge is 0.454 e. The second kappa shape index (κ2) is 8.41. The first-order valence-electron chi connectivity index (χ1n) is 9.67. The molecule has 0 fully saturated rings. The van der Waals surface area contributed by atoms with Gasteiger partial charge in [0.2, 0.25) is 6.79 Å². The highest BCUT2D eigenvalue weighted by Crippen LogP contribution is 2.37. The number of fused-ring (bicyclic) bond motifs is 1. The number of thiazole rings is 1. The molecule has 6 nitrogen and oxygen atoms in total. The molecule has 0 saturated carbocycles. The molecule has 0 aliphatic carbocycles. The minimum absolute atomic E-state index is 0.282. The fraction of sp³-hybridized carbons (Fsp3) is 0.286. The minimum atomic E-state index is 0.282. The van der Waals surface area contributed by atoms with Crippen molar-refractivity contribution in [2.45, 2.75) is 37.7 Å². The average Bonchev–Trinajstić information content (AvgIpc) is 3.53. The SMILES string of the molecule is CCCn1c(SCc2csc(-c3ccc4c(c3)OCO4)n2)nnc1-c1csc(C)c1. The number of nitrogens with zero attached hydrogens (tertiary/aromatic N) is 4. The molecule has 0 bridgehead atoms. The molecule has 0 spiro atoms. The first kappa shape index (κ1) is 19.6. The molecule has 5 rings (SSSR count). The Labute approximate surface area is 186 Å². The molecule has 0 amide bonds. The number of thiophene rings is 1. The van der Waals surface area contributed by atoms with Crippen LogP contribution >= 0.6 is 34.4 Å². The van der Waals surface area contributed by atoms with Gasteiger partial charge in [-0.3, -0.25) is 0 Å². The minimum Gasteiger partial charge on any atom is -0.454 e. The van der Waals surface area contributed by atoms with Crippen LogP contribution in [0.1, 0.15) is 23.9 Å². The van der Waals surface area contributed by atoms with Gasteiger partial charge in [0, 0.05) is 39.1 Å². The molecular formula is C21H20N4O2S3. The standard InChI is InChI=1S/C21H20N4O2S3/c1-3-6-25-19(15-7-13(2)28-9-15)23-24-21(25)30-11-16-10-29-20(22-16)14-4-5-17-18(8-14)27-12-26-17/h4-5,7-10H,3,6,11-12H2,1-2H3. The van der Waals surface area contributed by atoms with Crippen molar-refractivity contribution in [1.29, 1.82) is 0 Å². The molecule has 30 heavy (non-hydrogen) atoms. The molecular weight excluding hydrogens is 436 g/mol. The van der Waals surface area contributed by atoms with Crippen LogP contribution in [0.5, 0.6) is 11.5 Å². The Morgan fingerprint density at radius 3 is 2.80 bits per heavy atom. The lowest BCUT2D eigenvalue weighted by Gasteiger charge is -2.07. The first-order valence-corrected chi connectivity index (χ1v) is 12.4. The fourth-order valence-electron chi connectivity index (χ4n) is 3.27. The van der Waals surface area contributed by atoms with E-state index < -0.39 is 0 Å². The third-order valence-corrected chi connectivity index (χ3v) is 7.48. The molecule has 154 valence electrons. The van der Waals surface area contributed by atoms with Gasteiger partial charge in [-0.1, -0.05) is 18.7 Å². The number of aryl methyl sites for hydroxylation is 1. The van der Waals surface area contributed by atoms with Crippen molar-refractivity contribution in [2.24, 2.45) is 0 Å². The Bertz CT molecular complexity index is 1180. The third kappa shape index (κ3) is 3.84. The predicted molar refractivity (Wildman–Crippen MR) is 122 cm³/mol. The van der Waals surface area contributed by atoms with Gasteiger partial charge in [-0.2, -0.15) is 0 Å². The Hall–Kier alpha value is -2.36. The van der Waals surface area contributed by atoms with Crippen molar-refractivity contribution >= 4 is 34.4 Å². The highest BCUT2D eigenvalue weighted by Gasteiger charge is 2.17. The van der Waals surface area contributed by atoms with Gasteiger partial charge in [0.05, 0.1) is 5.69 Å². The maximum Gasteiger partial charge on any atom is 0.231 e. The Balaban J connectivity index is 1.33. The predicted octanol–water partition coefficient (Wildman–Crippen LogP) is 5.87. The lowest BCUT2D eigenvalue weighted by molar-refractivity contribution is 0.174. The van der Waals surface area contributed by atoms with Crippen LogP contribution in [-0.2, 0) is 12.3 Å². The lowest BCUT2D eigenvalue weighted by Crippen LogP contribution is -2.01. The summed E-state index contributed by atoms with van der Waals surface area (Å²) in [5, 5.41) is 15.1. The van der Waals surface area contributed by atoms with Crippen LogP contribution in [-0.4, -0.2) is 26.5 Å². The topological polar surface area (TPSA) is 62.1 Å². The second-order valence-corrected chi connectivity index (χ2v) is 9.82. The zero-order chi connectivity index (χ0) is 20.5. The van der Waals surface area contributed by atoms with Crippen LogP contribution in [0.3, 0.4) is 0 Å². The Morgan fingerprint density at radius 2 is 1.97 bits per heavy atom. The van der Waals surface area contributed by atoms with Crippen molar-refractivity contribution in [3.05, 3.63) is 45.6 Å². The molecule has 4 heterocycles. The normalized spacial score (nSPS) is 12.6. The molecule has 1 aliphatic heterocycles. The van der Waals surface area contributed by atoms with E-state index >= 15 is 0 Å². The van der Waals surface area contributed by atoms with Crippen LogP contribution in [0.2, 0.25) is 0 Å². The third-order valence-electron chi connectivity index (χ3n) is 4.67. The molecule has 9 heteroatoms. The van der Waals surface area contributed by atoms with Gasteiger partial charge in [-0.25, -0.2) is 4.98 Å². The van der Waals surface area contributed by atoms with Crippen LogP contribution in [0.4, 0.5) is 0 Å².